The summed E-state index contributed by atoms with van der Waals surface area (Å²) >= 11 is 0. The number of benzene rings is 1. The molecule has 1 aromatic carbocycles. The van der Waals surface area contributed by atoms with Crippen molar-refractivity contribution >= 4 is 23.5 Å². The zero-order valence-electron chi connectivity index (χ0n) is 16.8. The van der Waals surface area contributed by atoms with Crippen LogP contribution in [0.25, 0.3) is 0 Å². The fraction of sp³-hybridized carbons (Fsp3) is 0.350. The minimum absolute atomic E-state index is 0.0445. The predicted octanol–water partition coefficient (Wildman–Crippen LogP) is 0.340. The van der Waals surface area contributed by atoms with E-state index in [1.54, 1.807) is 24.3 Å². The first kappa shape index (κ1) is 21.3. The molecule has 2 aliphatic heterocycles. The molecule has 10 nitrogen and oxygen atoms in total. The summed E-state index contributed by atoms with van der Waals surface area (Å²) in [7, 11) is 3.98. The molecule has 2 heterocycles. The summed E-state index contributed by atoms with van der Waals surface area (Å²) in [5.41, 5.74) is 4.35. The van der Waals surface area contributed by atoms with Gasteiger partial charge in [-0.25, -0.2) is 9.59 Å². The molecular formula is C20H22N2O8. The van der Waals surface area contributed by atoms with Crippen molar-refractivity contribution in [1.82, 2.24) is 0 Å². The fourth-order valence-electron chi connectivity index (χ4n) is 3.65. The van der Waals surface area contributed by atoms with Crippen molar-refractivity contribution < 1.29 is 38.1 Å². The summed E-state index contributed by atoms with van der Waals surface area (Å²) in [6, 6.07) is 6.64. The van der Waals surface area contributed by atoms with Gasteiger partial charge in [0.15, 0.2) is 0 Å². The van der Waals surface area contributed by atoms with Crippen LogP contribution in [0.2, 0.25) is 0 Å². The molecule has 1 atom stereocenters. The van der Waals surface area contributed by atoms with Crippen LogP contribution in [0, 0.1) is 0 Å². The molecule has 10 heteroatoms. The molecule has 0 saturated carbocycles. The summed E-state index contributed by atoms with van der Waals surface area (Å²) in [6.45, 7) is -0.136. The van der Waals surface area contributed by atoms with Gasteiger partial charge in [0.05, 0.1) is 13.7 Å². The molecule has 0 bridgehead atoms. The Morgan fingerprint density at radius 1 is 1.07 bits per heavy atom. The molecule has 30 heavy (non-hydrogen) atoms. The van der Waals surface area contributed by atoms with Gasteiger partial charge in [0.1, 0.15) is 35.5 Å². The van der Waals surface area contributed by atoms with Crippen LogP contribution in [-0.2, 0) is 43.5 Å². The number of ether oxygens (including phenoxy) is 5. The van der Waals surface area contributed by atoms with Gasteiger partial charge in [0, 0.05) is 25.5 Å². The molecule has 0 radical (unpaired) electrons. The van der Waals surface area contributed by atoms with Crippen molar-refractivity contribution in [2.45, 2.75) is 5.41 Å². The number of para-hydroxylation sites is 1. The third kappa shape index (κ3) is 3.19. The van der Waals surface area contributed by atoms with E-state index in [-0.39, 0.29) is 42.6 Å². The van der Waals surface area contributed by atoms with Gasteiger partial charge in [-0.3, -0.25) is 4.79 Å². The lowest BCUT2D eigenvalue weighted by atomic mass is 9.67. The molecule has 0 saturated heterocycles. The maximum atomic E-state index is 13.4. The highest BCUT2D eigenvalue weighted by atomic mass is 16.6. The Hall–Kier alpha value is -3.37. The van der Waals surface area contributed by atoms with Crippen molar-refractivity contribution in [2.75, 3.05) is 46.5 Å². The van der Waals surface area contributed by atoms with Crippen LogP contribution in [0.5, 0.6) is 0 Å². The van der Waals surface area contributed by atoms with Crippen molar-refractivity contribution in [2.24, 2.45) is 5.73 Å². The summed E-state index contributed by atoms with van der Waals surface area (Å²) < 4.78 is 25.8. The van der Waals surface area contributed by atoms with Crippen molar-refractivity contribution in [1.29, 1.82) is 0 Å². The molecule has 1 aromatic rings. The summed E-state index contributed by atoms with van der Waals surface area (Å²) in [4.78, 5) is 39.3. The number of anilines is 1. The average molecular weight is 418 g/mol. The Balaban J connectivity index is 2.31. The number of amides is 1. The lowest BCUT2D eigenvalue weighted by Crippen LogP contribution is -2.49. The highest BCUT2D eigenvalue weighted by Crippen LogP contribution is 2.52. The smallest absolute Gasteiger partial charge is 0.340 e. The van der Waals surface area contributed by atoms with Crippen molar-refractivity contribution in [3.63, 3.8) is 0 Å². The molecule has 160 valence electrons. The molecule has 3 rings (SSSR count). The van der Waals surface area contributed by atoms with Gasteiger partial charge >= 0.3 is 11.9 Å². The highest BCUT2D eigenvalue weighted by molar-refractivity contribution is 6.21. The van der Waals surface area contributed by atoms with E-state index in [1.165, 1.54) is 14.2 Å². The zero-order valence-corrected chi connectivity index (χ0v) is 16.8. The number of carbonyl (C=O) groups excluding carboxylic acids is 3. The topological polar surface area (TPSA) is 135 Å². The van der Waals surface area contributed by atoms with Crippen LogP contribution >= 0.6 is 0 Å². The Labute approximate surface area is 172 Å². The highest BCUT2D eigenvalue weighted by Gasteiger charge is 2.62. The van der Waals surface area contributed by atoms with E-state index in [0.717, 1.165) is 7.11 Å². The molecule has 0 fully saturated rings. The van der Waals surface area contributed by atoms with Gasteiger partial charge in [-0.15, -0.1) is 0 Å². The lowest BCUT2D eigenvalue weighted by molar-refractivity contribution is -0.143. The third-order valence-electron chi connectivity index (χ3n) is 4.82. The number of nitrogens with two attached hydrogens (primary N) is 1. The van der Waals surface area contributed by atoms with E-state index in [9.17, 15) is 14.4 Å². The molecule has 2 aliphatic rings. The molecular weight excluding hydrogens is 396 g/mol. The average Bonchev–Trinajstić information content (AvgIpc) is 3.00. The van der Waals surface area contributed by atoms with Crippen LogP contribution in [-0.4, -0.2) is 59.0 Å². The van der Waals surface area contributed by atoms with E-state index in [1.807, 2.05) is 0 Å². The summed E-state index contributed by atoms with van der Waals surface area (Å²) in [5, 5.41) is 2.70. The van der Waals surface area contributed by atoms with Crippen LogP contribution < -0.4 is 11.1 Å². The predicted molar refractivity (Wildman–Crippen MR) is 103 cm³/mol. The molecule has 3 N–H and O–H groups in total. The van der Waals surface area contributed by atoms with E-state index >= 15 is 0 Å². The number of hydrogen-bond donors (Lipinski definition) is 2. The SMILES string of the molecule is COCCOC(=O)C1=C(COC)OC(N)=C(C(=O)OC)[C@]12C(=O)Nc1ccccc12. The Morgan fingerprint density at radius 3 is 2.47 bits per heavy atom. The largest absolute Gasteiger partial charge is 0.465 e. The number of esters is 2. The Bertz CT molecular complexity index is 952. The van der Waals surface area contributed by atoms with Crippen LogP contribution in [0.1, 0.15) is 5.56 Å². The lowest BCUT2D eigenvalue weighted by Gasteiger charge is -2.35. The van der Waals surface area contributed by atoms with Gasteiger partial charge in [-0.05, 0) is 6.07 Å². The van der Waals surface area contributed by atoms with Crippen LogP contribution in [0.4, 0.5) is 5.69 Å². The maximum Gasteiger partial charge on any atom is 0.340 e. The van der Waals surface area contributed by atoms with Crippen molar-refractivity contribution in [3.8, 4) is 0 Å². The second-order valence-corrected chi connectivity index (χ2v) is 6.44. The van der Waals surface area contributed by atoms with Crippen LogP contribution in [0.15, 0.2) is 47.1 Å². The number of carbonyl (C=O) groups is 3. The quantitative estimate of drug-likeness (QED) is 0.474. The minimum Gasteiger partial charge on any atom is -0.465 e. The molecule has 0 unspecified atom stereocenters. The van der Waals surface area contributed by atoms with E-state index in [4.69, 9.17) is 29.4 Å². The number of nitrogens with one attached hydrogen (secondary N) is 1. The minimum atomic E-state index is -1.93. The standard InChI is InChI=1S/C20H22N2O8/c1-26-8-9-29-18(24)14-13(10-27-2)30-16(21)15(17(23)28-3)20(14)11-6-4-5-7-12(11)22-19(20)25/h4-7H,8-10,21H2,1-3H3,(H,22,25)/t20-/m1/s1. The summed E-state index contributed by atoms with van der Waals surface area (Å²) in [6.07, 6.45) is 0. The number of hydrogen-bond acceptors (Lipinski definition) is 9. The zero-order chi connectivity index (χ0) is 21.9. The van der Waals surface area contributed by atoms with Crippen LogP contribution in [0.3, 0.4) is 0 Å². The number of rotatable bonds is 7. The monoisotopic (exact) mass is 418 g/mol. The van der Waals surface area contributed by atoms with Gasteiger partial charge in [-0.2, -0.15) is 0 Å². The first-order chi connectivity index (χ1) is 14.4. The molecule has 1 spiro atoms. The Kier molecular flexibility index (Phi) is 6.09. The van der Waals surface area contributed by atoms with Gasteiger partial charge < -0.3 is 34.7 Å². The van der Waals surface area contributed by atoms with Gasteiger partial charge in [0.2, 0.25) is 11.8 Å². The van der Waals surface area contributed by atoms with Crippen molar-refractivity contribution in [3.05, 3.63) is 52.6 Å². The number of methoxy groups -OCH3 is 3. The maximum absolute atomic E-state index is 13.4. The van der Waals surface area contributed by atoms with E-state index < -0.39 is 23.3 Å². The normalized spacial score (nSPS) is 20.0. The van der Waals surface area contributed by atoms with Gasteiger partial charge in [0.25, 0.3) is 0 Å². The molecule has 0 aromatic heterocycles. The Morgan fingerprint density at radius 2 is 1.80 bits per heavy atom. The fourth-order valence-corrected chi connectivity index (χ4v) is 3.65. The number of fused-ring (bicyclic) bond motifs is 2. The molecule has 1 amide bonds. The summed E-state index contributed by atoms with van der Waals surface area (Å²) in [5.74, 6) is -2.87. The second kappa shape index (κ2) is 8.56. The van der Waals surface area contributed by atoms with Gasteiger partial charge in [-0.1, -0.05) is 18.2 Å². The third-order valence-corrected chi connectivity index (χ3v) is 4.82. The second-order valence-electron chi connectivity index (χ2n) is 6.44. The molecule has 0 aliphatic carbocycles. The van der Waals surface area contributed by atoms with E-state index in [0.29, 0.717) is 11.3 Å². The first-order valence-electron chi connectivity index (χ1n) is 8.99. The van der Waals surface area contributed by atoms with E-state index in [2.05, 4.69) is 5.32 Å². The first-order valence-corrected chi connectivity index (χ1v) is 8.99.